The number of carbonyl (C=O) groups is 1. The maximum atomic E-state index is 10.8. The zero-order valence-electron chi connectivity index (χ0n) is 8.49. The summed E-state index contributed by atoms with van der Waals surface area (Å²) >= 11 is 0. The van der Waals surface area contributed by atoms with Crippen molar-refractivity contribution in [3.05, 3.63) is 0 Å². The van der Waals surface area contributed by atoms with Gasteiger partial charge in [-0.1, -0.05) is 13.8 Å². The molecule has 0 saturated carbocycles. The Labute approximate surface area is 79.7 Å². The smallest absolute Gasteiger partial charge is 0.306 e. The molecule has 1 heterocycles. The van der Waals surface area contributed by atoms with Gasteiger partial charge in [-0.3, -0.25) is 4.79 Å². The summed E-state index contributed by atoms with van der Waals surface area (Å²) in [6.45, 7) is 7.10. The monoisotopic (exact) mass is 185 g/mol. The second kappa shape index (κ2) is 4.61. The maximum absolute atomic E-state index is 10.8. The zero-order valence-corrected chi connectivity index (χ0v) is 8.49. The van der Waals surface area contributed by atoms with Gasteiger partial charge in [-0.15, -0.1) is 0 Å². The standard InChI is InChI=1S/C10H19NO2/c1-3-11-6-4-5-9(7-11)8(2)10(12)13/h8-9H,3-7H2,1-2H3,(H,12,13). The molecule has 1 aliphatic rings. The van der Waals surface area contributed by atoms with E-state index in [-0.39, 0.29) is 5.92 Å². The number of hydrogen-bond acceptors (Lipinski definition) is 2. The summed E-state index contributed by atoms with van der Waals surface area (Å²) in [4.78, 5) is 13.1. The van der Waals surface area contributed by atoms with Gasteiger partial charge in [0.15, 0.2) is 0 Å². The van der Waals surface area contributed by atoms with Crippen molar-refractivity contribution in [3.8, 4) is 0 Å². The van der Waals surface area contributed by atoms with Crippen molar-refractivity contribution in [2.75, 3.05) is 19.6 Å². The molecule has 13 heavy (non-hydrogen) atoms. The Morgan fingerprint density at radius 3 is 2.92 bits per heavy atom. The lowest BCUT2D eigenvalue weighted by atomic mass is 9.87. The minimum absolute atomic E-state index is 0.186. The van der Waals surface area contributed by atoms with Crippen LogP contribution in [-0.2, 0) is 4.79 Å². The van der Waals surface area contributed by atoms with Crippen molar-refractivity contribution in [2.24, 2.45) is 11.8 Å². The molecule has 2 atom stereocenters. The number of carboxylic acid groups (broad SMARTS) is 1. The highest BCUT2D eigenvalue weighted by atomic mass is 16.4. The largest absolute Gasteiger partial charge is 0.481 e. The van der Waals surface area contributed by atoms with Crippen LogP contribution in [0.15, 0.2) is 0 Å². The van der Waals surface area contributed by atoms with Gasteiger partial charge < -0.3 is 10.0 Å². The van der Waals surface area contributed by atoms with Crippen LogP contribution < -0.4 is 0 Å². The lowest BCUT2D eigenvalue weighted by molar-refractivity contribution is -0.143. The molecule has 0 spiro atoms. The van der Waals surface area contributed by atoms with Gasteiger partial charge in [0.05, 0.1) is 5.92 Å². The van der Waals surface area contributed by atoms with Gasteiger partial charge in [0, 0.05) is 6.54 Å². The van der Waals surface area contributed by atoms with Crippen LogP contribution in [0, 0.1) is 11.8 Å². The molecule has 2 unspecified atom stereocenters. The molecule has 0 amide bonds. The third-order valence-electron chi connectivity index (χ3n) is 3.09. The fraction of sp³-hybridized carbons (Fsp3) is 0.900. The molecule has 0 aromatic rings. The first kappa shape index (κ1) is 10.5. The van der Waals surface area contributed by atoms with Crippen LogP contribution in [0.5, 0.6) is 0 Å². The van der Waals surface area contributed by atoms with Gasteiger partial charge in [-0.25, -0.2) is 0 Å². The van der Waals surface area contributed by atoms with Crippen LogP contribution in [0.3, 0.4) is 0 Å². The van der Waals surface area contributed by atoms with E-state index in [1.54, 1.807) is 0 Å². The predicted octanol–water partition coefficient (Wildman–Crippen LogP) is 1.44. The number of carboxylic acids is 1. The number of likely N-dealkylation sites (tertiary alicyclic amines) is 1. The number of aliphatic carboxylic acids is 1. The Balaban J connectivity index is 2.46. The highest BCUT2D eigenvalue weighted by Crippen LogP contribution is 2.23. The third-order valence-corrected chi connectivity index (χ3v) is 3.09. The van der Waals surface area contributed by atoms with Crippen LogP contribution >= 0.6 is 0 Å². The summed E-state index contributed by atoms with van der Waals surface area (Å²) < 4.78 is 0. The van der Waals surface area contributed by atoms with E-state index in [9.17, 15) is 4.79 Å². The predicted molar refractivity (Wildman–Crippen MR) is 51.6 cm³/mol. The molecular formula is C10H19NO2. The van der Waals surface area contributed by atoms with Gasteiger partial charge in [-0.2, -0.15) is 0 Å². The lowest BCUT2D eigenvalue weighted by Gasteiger charge is -2.33. The van der Waals surface area contributed by atoms with Gasteiger partial charge in [0.2, 0.25) is 0 Å². The molecule has 1 aliphatic heterocycles. The lowest BCUT2D eigenvalue weighted by Crippen LogP contribution is -2.39. The average molecular weight is 185 g/mol. The van der Waals surface area contributed by atoms with Crippen LogP contribution in [-0.4, -0.2) is 35.6 Å². The first-order chi connectivity index (χ1) is 6.15. The number of hydrogen-bond donors (Lipinski definition) is 1. The minimum atomic E-state index is -0.650. The summed E-state index contributed by atoms with van der Waals surface area (Å²) in [6, 6.07) is 0. The molecule has 1 saturated heterocycles. The van der Waals surface area contributed by atoms with E-state index in [1.807, 2.05) is 6.92 Å². The second-order valence-electron chi connectivity index (χ2n) is 3.92. The molecule has 0 aromatic carbocycles. The van der Waals surface area contributed by atoms with E-state index in [4.69, 9.17) is 5.11 Å². The van der Waals surface area contributed by atoms with Gasteiger partial charge >= 0.3 is 5.97 Å². The molecule has 1 rings (SSSR count). The molecule has 1 fully saturated rings. The fourth-order valence-corrected chi connectivity index (χ4v) is 1.99. The van der Waals surface area contributed by atoms with Crippen LogP contribution in [0.1, 0.15) is 26.7 Å². The summed E-state index contributed by atoms with van der Waals surface area (Å²) in [5, 5.41) is 8.87. The van der Waals surface area contributed by atoms with Crippen LogP contribution in [0.2, 0.25) is 0 Å². The molecule has 0 aliphatic carbocycles. The first-order valence-corrected chi connectivity index (χ1v) is 5.10. The van der Waals surface area contributed by atoms with Gasteiger partial charge in [0.25, 0.3) is 0 Å². The van der Waals surface area contributed by atoms with E-state index < -0.39 is 5.97 Å². The summed E-state index contributed by atoms with van der Waals surface area (Å²) in [6.07, 6.45) is 2.22. The highest BCUT2D eigenvalue weighted by Gasteiger charge is 2.27. The Kier molecular flexibility index (Phi) is 3.72. The highest BCUT2D eigenvalue weighted by molar-refractivity contribution is 5.69. The van der Waals surface area contributed by atoms with E-state index in [0.29, 0.717) is 5.92 Å². The number of nitrogens with zero attached hydrogens (tertiary/aromatic N) is 1. The van der Waals surface area contributed by atoms with E-state index in [2.05, 4.69) is 11.8 Å². The summed E-state index contributed by atoms with van der Waals surface area (Å²) in [5.41, 5.74) is 0. The van der Waals surface area contributed by atoms with Gasteiger partial charge in [0.1, 0.15) is 0 Å². The molecule has 0 bridgehead atoms. The van der Waals surface area contributed by atoms with Crippen molar-refractivity contribution in [1.29, 1.82) is 0 Å². The molecule has 3 heteroatoms. The summed E-state index contributed by atoms with van der Waals surface area (Å²) in [7, 11) is 0. The topological polar surface area (TPSA) is 40.5 Å². The van der Waals surface area contributed by atoms with E-state index in [1.165, 1.54) is 0 Å². The van der Waals surface area contributed by atoms with Crippen molar-refractivity contribution >= 4 is 5.97 Å². The van der Waals surface area contributed by atoms with Crippen molar-refractivity contribution in [3.63, 3.8) is 0 Å². The van der Waals surface area contributed by atoms with Crippen LogP contribution in [0.25, 0.3) is 0 Å². The molecule has 1 N–H and O–H groups in total. The maximum Gasteiger partial charge on any atom is 0.306 e. The molecule has 0 radical (unpaired) electrons. The van der Waals surface area contributed by atoms with Crippen molar-refractivity contribution in [2.45, 2.75) is 26.7 Å². The van der Waals surface area contributed by atoms with Crippen LogP contribution in [0.4, 0.5) is 0 Å². The Hall–Kier alpha value is -0.570. The molecule has 0 aromatic heterocycles. The molecular weight excluding hydrogens is 166 g/mol. The summed E-state index contributed by atoms with van der Waals surface area (Å²) in [5.74, 6) is -0.483. The molecule has 3 nitrogen and oxygen atoms in total. The first-order valence-electron chi connectivity index (χ1n) is 5.10. The average Bonchev–Trinajstić information content (AvgIpc) is 2.16. The van der Waals surface area contributed by atoms with E-state index in [0.717, 1.165) is 32.5 Å². The van der Waals surface area contributed by atoms with Crippen molar-refractivity contribution in [1.82, 2.24) is 4.90 Å². The second-order valence-corrected chi connectivity index (χ2v) is 3.92. The fourth-order valence-electron chi connectivity index (χ4n) is 1.99. The van der Waals surface area contributed by atoms with E-state index >= 15 is 0 Å². The number of piperidine rings is 1. The van der Waals surface area contributed by atoms with Gasteiger partial charge in [-0.05, 0) is 31.8 Å². The SMILES string of the molecule is CCN1CCCC(C(C)C(=O)O)C1. The Morgan fingerprint density at radius 2 is 2.38 bits per heavy atom. The third kappa shape index (κ3) is 2.69. The Morgan fingerprint density at radius 1 is 1.69 bits per heavy atom. The zero-order chi connectivity index (χ0) is 9.84. The quantitative estimate of drug-likeness (QED) is 0.723. The molecule has 76 valence electrons. The minimum Gasteiger partial charge on any atom is -0.481 e. The normalized spacial score (nSPS) is 27.1. The number of rotatable bonds is 3. The van der Waals surface area contributed by atoms with Crippen molar-refractivity contribution < 1.29 is 9.90 Å². The Bertz CT molecular complexity index is 182.